The van der Waals surface area contributed by atoms with Gasteiger partial charge in [-0.15, -0.1) is 0 Å². The van der Waals surface area contributed by atoms with Crippen LogP contribution in [-0.4, -0.2) is 36.7 Å². The van der Waals surface area contributed by atoms with Gasteiger partial charge in [-0.25, -0.2) is 9.59 Å². The molecule has 0 N–H and O–H groups in total. The van der Waals surface area contributed by atoms with E-state index in [4.69, 9.17) is 14.2 Å². The van der Waals surface area contributed by atoms with Crippen LogP contribution < -0.4 is 0 Å². The molecule has 1 aromatic carbocycles. The lowest BCUT2D eigenvalue weighted by Crippen LogP contribution is -2.52. The molecule has 0 bridgehead atoms. The predicted molar refractivity (Wildman–Crippen MR) is 87.1 cm³/mol. The van der Waals surface area contributed by atoms with Crippen LogP contribution in [0.4, 0.5) is 0 Å². The van der Waals surface area contributed by atoms with Gasteiger partial charge in [-0.2, -0.15) is 0 Å². The number of ether oxygens (including phenoxy) is 3. The van der Waals surface area contributed by atoms with Crippen molar-refractivity contribution in [1.29, 1.82) is 0 Å². The van der Waals surface area contributed by atoms with Crippen molar-refractivity contribution in [1.82, 2.24) is 0 Å². The minimum absolute atomic E-state index is 0.000852. The molecule has 0 aliphatic carbocycles. The van der Waals surface area contributed by atoms with E-state index in [2.05, 4.69) is 0 Å². The molecular weight excluding hydrogens is 312 g/mol. The minimum Gasteiger partial charge on any atom is -0.463 e. The van der Waals surface area contributed by atoms with Gasteiger partial charge in [-0.1, -0.05) is 30.3 Å². The largest absolute Gasteiger partial charge is 0.463 e. The Balaban J connectivity index is 2.97. The van der Waals surface area contributed by atoms with E-state index >= 15 is 0 Å². The zero-order valence-corrected chi connectivity index (χ0v) is 14.4. The summed E-state index contributed by atoms with van der Waals surface area (Å²) in [4.78, 5) is 36.2. The molecule has 0 saturated carbocycles. The van der Waals surface area contributed by atoms with Crippen molar-refractivity contribution in [3.8, 4) is 0 Å². The average molecular weight is 336 g/mol. The number of rotatable bonds is 9. The van der Waals surface area contributed by atoms with Gasteiger partial charge in [0.05, 0.1) is 13.2 Å². The number of benzene rings is 1. The highest BCUT2D eigenvalue weighted by atomic mass is 16.6. The van der Waals surface area contributed by atoms with E-state index in [-0.39, 0.29) is 19.6 Å². The molecule has 0 radical (unpaired) electrons. The normalized spacial score (nSPS) is 10.8. The van der Waals surface area contributed by atoms with E-state index < -0.39 is 23.5 Å². The molecule has 1 rings (SSSR count). The third kappa shape index (κ3) is 5.37. The van der Waals surface area contributed by atoms with Gasteiger partial charge < -0.3 is 14.2 Å². The van der Waals surface area contributed by atoms with Gasteiger partial charge in [0.2, 0.25) is 0 Å². The van der Waals surface area contributed by atoms with Crippen LogP contribution >= 0.6 is 0 Å². The first-order valence-corrected chi connectivity index (χ1v) is 8.04. The molecule has 0 aliphatic heterocycles. The fourth-order valence-corrected chi connectivity index (χ4v) is 2.35. The van der Waals surface area contributed by atoms with Gasteiger partial charge >= 0.3 is 23.5 Å². The molecule has 0 aromatic heterocycles. The maximum Gasteiger partial charge on any atom is 0.362 e. The smallest absolute Gasteiger partial charge is 0.362 e. The lowest BCUT2D eigenvalue weighted by atomic mass is 9.94. The summed E-state index contributed by atoms with van der Waals surface area (Å²) in [7, 11) is 0. The first-order chi connectivity index (χ1) is 11.5. The van der Waals surface area contributed by atoms with E-state index in [1.165, 1.54) is 0 Å². The Morgan fingerprint density at radius 3 is 1.96 bits per heavy atom. The van der Waals surface area contributed by atoms with E-state index in [0.29, 0.717) is 12.8 Å². The summed E-state index contributed by atoms with van der Waals surface area (Å²) < 4.78 is 15.0. The number of hydrogen-bond donors (Lipinski definition) is 0. The summed E-state index contributed by atoms with van der Waals surface area (Å²) >= 11 is 0. The van der Waals surface area contributed by atoms with Crippen molar-refractivity contribution >= 4 is 17.9 Å². The van der Waals surface area contributed by atoms with Crippen LogP contribution in [0.1, 0.15) is 39.2 Å². The number of esters is 3. The maximum absolute atomic E-state index is 12.4. The summed E-state index contributed by atoms with van der Waals surface area (Å²) in [6, 6.07) is 9.62. The van der Waals surface area contributed by atoms with Gasteiger partial charge in [0.25, 0.3) is 0 Å². The maximum atomic E-state index is 12.4. The first-order valence-electron chi connectivity index (χ1n) is 8.04. The lowest BCUT2D eigenvalue weighted by Gasteiger charge is -2.28. The molecule has 0 fully saturated rings. The van der Waals surface area contributed by atoms with E-state index in [9.17, 15) is 14.4 Å². The monoisotopic (exact) mass is 336 g/mol. The fraction of sp³-hybridized carbons (Fsp3) is 0.500. The van der Waals surface area contributed by atoms with Gasteiger partial charge in [0.1, 0.15) is 0 Å². The van der Waals surface area contributed by atoms with Crippen LogP contribution in [0.2, 0.25) is 0 Å². The highest BCUT2D eigenvalue weighted by Gasteiger charge is 2.52. The van der Waals surface area contributed by atoms with Crippen molar-refractivity contribution in [2.45, 2.75) is 45.6 Å². The summed E-state index contributed by atoms with van der Waals surface area (Å²) in [5.41, 5.74) is -0.992. The van der Waals surface area contributed by atoms with Crippen LogP contribution in [-0.2, 0) is 35.0 Å². The Bertz CT molecular complexity index is 534. The van der Waals surface area contributed by atoms with E-state index in [1.807, 2.05) is 30.3 Å². The fourth-order valence-electron chi connectivity index (χ4n) is 2.35. The van der Waals surface area contributed by atoms with Crippen LogP contribution in [0.25, 0.3) is 0 Å². The molecule has 6 heteroatoms. The predicted octanol–water partition coefficient (Wildman–Crippen LogP) is 2.44. The zero-order valence-electron chi connectivity index (χ0n) is 14.4. The summed E-state index contributed by atoms with van der Waals surface area (Å²) in [5.74, 6) is -2.53. The second kappa shape index (κ2) is 9.70. The standard InChI is InChI=1S/C18H24O6/c1-4-22-16(20)18(24-14(3)19,17(21)23-5-2)13-9-12-15-10-7-6-8-11-15/h6-8,10-11H,4-5,9,12-13H2,1-3H3. The Hall–Kier alpha value is -2.37. The van der Waals surface area contributed by atoms with Gasteiger partial charge in [0.15, 0.2) is 0 Å². The Labute approximate surface area is 142 Å². The molecule has 0 heterocycles. The molecule has 0 amide bonds. The van der Waals surface area contributed by atoms with E-state index in [1.54, 1.807) is 13.8 Å². The van der Waals surface area contributed by atoms with Crippen LogP contribution in [0, 0.1) is 0 Å². The first kappa shape index (κ1) is 19.7. The highest BCUT2D eigenvalue weighted by molar-refractivity contribution is 6.05. The quantitative estimate of drug-likeness (QED) is 0.391. The molecule has 0 saturated heterocycles. The van der Waals surface area contributed by atoms with Crippen molar-refractivity contribution in [2.24, 2.45) is 0 Å². The van der Waals surface area contributed by atoms with Crippen LogP contribution in [0.3, 0.4) is 0 Å². The van der Waals surface area contributed by atoms with Gasteiger partial charge in [0, 0.05) is 13.3 Å². The molecule has 1 aromatic rings. The third-order valence-electron chi connectivity index (χ3n) is 3.37. The number of aryl methyl sites for hydroxylation is 1. The Kier molecular flexibility index (Phi) is 7.95. The Morgan fingerprint density at radius 1 is 0.958 bits per heavy atom. The van der Waals surface area contributed by atoms with E-state index in [0.717, 1.165) is 12.5 Å². The molecule has 0 aliphatic rings. The minimum atomic E-state index is -2.05. The zero-order chi connectivity index (χ0) is 18.0. The summed E-state index contributed by atoms with van der Waals surface area (Å²) in [6.07, 6.45) is 1.08. The van der Waals surface area contributed by atoms with Crippen molar-refractivity contribution in [3.63, 3.8) is 0 Å². The highest BCUT2D eigenvalue weighted by Crippen LogP contribution is 2.24. The summed E-state index contributed by atoms with van der Waals surface area (Å²) in [6.45, 7) is 4.52. The topological polar surface area (TPSA) is 78.9 Å². The van der Waals surface area contributed by atoms with Crippen molar-refractivity contribution < 1.29 is 28.6 Å². The number of hydrogen-bond acceptors (Lipinski definition) is 6. The number of carbonyl (C=O) groups is 3. The summed E-state index contributed by atoms with van der Waals surface area (Å²) in [5, 5.41) is 0. The van der Waals surface area contributed by atoms with Crippen molar-refractivity contribution in [2.75, 3.05) is 13.2 Å². The molecule has 24 heavy (non-hydrogen) atoms. The molecular formula is C18H24O6. The average Bonchev–Trinajstić information content (AvgIpc) is 2.54. The molecule has 0 atom stereocenters. The second-order valence-electron chi connectivity index (χ2n) is 5.20. The Morgan fingerprint density at radius 2 is 1.50 bits per heavy atom. The second-order valence-corrected chi connectivity index (χ2v) is 5.20. The van der Waals surface area contributed by atoms with Gasteiger partial charge in [-0.05, 0) is 32.3 Å². The van der Waals surface area contributed by atoms with Gasteiger partial charge in [-0.3, -0.25) is 4.79 Å². The third-order valence-corrected chi connectivity index (χ3v) is 3.37. The van der Waals surface area contributed by atoms with Crippen LogP contribution in [0.15, 0.2) is 30.3 Å². The lowest BCUT2D eigenvalue weighted by molar-refractivity contribution is -0.196. The van der Waals surface area contributed by atoms with Crippen molar-refractivity contribution in [3.05, 3.63) is 35.9 Å². The molecule has 132 valence electrons. The number of carbonyl (C=O) groups excluding carboxylic acids is 3. The molecule has 0 spiro atoms. The molecule has 0 unspecified atom stereocenters. The molecule has 6 nitrogen and oxygen atoms in total. The SMILES string of the molecule is CCOC(=O)C(CCCc1ccccc1)(OC(C)=O)C(=O)OCC. The van der Waals surface area contributed by atoms with Crippen LogP contribution in [0.5, 0.6) is 0 Å².